The van der Waals surface area contributed by atoms with Crippen LogP contribution in [0.1, 0.15) is 16.8 Å². The number of alkyl halides is 3. The molecule has 7 heteroatoms. The molecule has 130 valence electrons. The quantitative estimate of drug-likeness (QED) is 0.929. The van der Waals surface area contributed by atoms with E-state index >= 15 is 0 Å². The number of ether oxygens (including phenoxy) is 1. The lowest BCUT2D eigenvalue weighted by atomic mass is 9.77. The standard InChI is InChI=1S/C18H16F3N3O/c19-18(20,21)16-15-13(4-5-23-14(15)7-24-16)11-2-1-3-12(6-11)17(8-22)9-25-10-17/h1-6H,7-10,22H2. The van der Waals surface area contributed by atoms with E-state index in [0.717, 1.165) is 5.56 Å². The maximum absolute atomic E-state index is 13.3. The van der Waals surface area contributed by atoms with E-state index in [1.54, 1.807) is 12.1 Å². The minimum absolute atomic E-state index is 0.0434. The van der Waals surface area contributed by atoms with E-state index in [9.17, 15) is 13.2 Å². The van der Waals surface area contributed by atoms with Crippen LogP contribution in [0, 0.1) is 0 Å². The van der Waals surface area contributed by atoms with Crippen LogP contribution in [0.4, 0.5) is 13.2 Å². The summed E-state index contributed by atoms with van der Waals surface area (Å²) in [6, 6.07) is 9.09. The van der Waals surface area contributed by atoms with E-state index in [1.165, 1.54) is 6.20 Å². The van der Waals surface area contributed by atoms with Crippen molar-refractivity contribution in [3.63, 3.8) is 0 Å². The van der Waals surface area contributed by atoms with Gasteiger partial charge in [-0.1, -0.05) is 24.3 Å². The zero-order valence-corrected chi connectivity index (χ0v) is 13.3. The molecule has 0 unspecified atom stereocenters. The van der Waals surface area contributed by atoms with Crippen molar-refractivity contribution < 1.29 is 17.9 Å². The molecule has 0 saturated carbocycles. The van der Waals surface area contributed by atoms with Gasteiger partial charge in [0.2, 0.25) is 0 Å². The summed E-state index contributed by atoms with van der Waals surface area (Å²) >= 11 is 0. The normalized spacial score (nSPS) is 18.5. The highest BCUT2D eigenvalue weighted by molar-refractivity contribution is 6.11. The summed E-state index contributed by atoms with van der Waals surface area (Å²) in [6.45, 7) is 1.44. The number of halogens is 3. The lowest BCUT2D eigenvalue weighted by Gasteiger charge is -2.41. The van der Waals surface area contributed by atoms with Gasteiger partial charge in [-0.3, -0.25) is 9.98 Å². The van der Waals surface area contributed by atoms with Crippen molar-refractivity contribution in [2.75, 3.05) is 19.8 Å². The average Bonchev–Trinajstić information content (AvgIpc) is 2.99. The first kappa shape index (κ1) is 16.2. The van der Waals surface area contributed by atoms with Crippen LogP contribution in [0.2, 0.25) is 0 Å². The van der Waals surface area contributed by atoms with Crippen molar-refractivity contribution in [1.82, 2.24) is 4.98 Å². The number of fused-ring (bicyclic) bond motifs is 1. The van der Waals surface area contributed by atoms with Crippen LogP contribution in [-0.4, -0.2) is 36.6 Å². The van der Waals surface area contributed by atoms with Crippen LogP contribution in [0.25, 0.3) is 11.1 Å². The second-order valence-electron chi connectivity index (χ2n) is 6.40. The monoisotopic (exact) mass is 347 g/mol. The van der Waals surface area contributed by atoms with Crippen molar-refractivity contribution >= 4 is 5.71 Å². The molecule has 0 amide bonds. The molecule has 1 aromatic carbocycles. The summed E-state index contributed by atoms with van der Waals surface area (Å²) in [5.41, 5.74) is 7.41. The summed E-state index contributed by atoms with van der Waals surface area (Å²) in [4.78, 5) is 7.73. The zero-order valence-electron chi connectivity index (χ0n) is 13.3. The lowest BCUT2D eigenvalue weighted by Crippen LogP contribution is -2.52. The van der Waals surface area contributed by atoms with Crippen molar-refractivity contribution in [1.29, 1.82) is 0 Å². The molecule has 2 aliphatic rings. The molecule has 2 aliphatic heterocycles. The third kappa shape index (κ3) is 2.54. The first-order valence-electron chi connectivity index (χ1n) is 7.93. The molecule has 2 aromatic rings. The predicted octanol–water partition coefficient (Wildman–Crippen LogP) is 2.84. The molecule has 0 bridgehead atoms. The van der Waals surface area contributed by atoms with Crippen LogP contribution in [0.15, 0.2) is 41.5 Å². The van der Waals surface area contributed by atoms with Crippen LogP contribution in [0.3, 0.4) is 0 Å². The second-order valence-corrected chi connectivity index (χ2v) is 6.40. The Hall–Kier alpha value is -2.25. The molecule has 4 nitrogen and oxygen atoms in total. The fourth-order valence-corrected chi connectivity index (χ4v) is 3.36. The van der Waals surface area contributed by atoms with Gasteiger partial charge in [0.05, 0.1) is 30.9 Å². The smallest absolute Gasteiger partial charge is 0.379 e. The van der Waals surface area contributed by atoms with E-state index in [4.69, 9.17) is 10.5 Å². The minimum atomic E-state index is -4.50. The van der Waals surface area contributed by atoms with Gasteiger partial charge in [0, 0.05) is 18.3 Å². The van der Waals surface area contributed by atoms with E-state index in [0.29, 0.717) is 36.6 Å². The SMILES string of the molecule is NCC1(c2cccc(-c3ccnc4c3C(C(F)(F)F)=NC4)c2)COC1. The maximum atomic E-state index is 13.3. The molecule has 25 heavy (non-hydrogen) atoms. The second kappa shape index (κ2) is 5.64. The number of hydrogen-bond acceptors (Lipinski definition) is 4. The van der Waals surface area contributed by atoms with Crippen molar-refractivity contribution in [3.05, 3.63) is 53.3 Å². The highest BCUT2D eigenvalue weighted by atomic mass is 19.4. The van der Waals surface area contributed by atoms with Gasteiger partial charge in [-0.2, -0.15) is 13.2 Å². The van der Waals surface area contributed by atoms with E-state index in [-0.39, 0.29) is 17.5 Å². The van der Waals surface area contributed by atoms with Gasteiger partial charge in [-0.25, -0.2) is 0 Å². The van der Waals surface area contributed by atoms with Crippen LogP contribution < -0.4 is 5.73 Å². The summed E-state index contributed by atoms with van der Waals surface area (Å²) in [6.07, 6.45) is -2.97. The number of hydrogen-bond donors (Lipinski definition) is 1. The Balaban J connectivity index is 1.83. The molecule has 0 atom stereocenters. The molecule has 3 heterocycles. The fourth-order valence-electron chi connectivity index (χ4n) is 3.36. The van der Waals surface area contributed by atoms with E-state index in [2.05, 4.69) is 9.98 Å². The molecule has 1 saturated heterocycles. The van der Waals surface area contributed by atoms with Crippen LogP contribution >= 0.6 is 0 Å². The summed E-state index contributed by atoms with van der Waals surface area (Å²) in [7, 11) is 0. The zero-order chi connectivity index (χ0) is 17.7. The summed E-state index contributed by atoms with van der Waals surface area (Å²) in [5.74, 6) is 0. The molecule has 0 aliphatic carbocycles. The highest BCUT2D eigenvalue weighted by Gasteiger charge is 2.42. The third-order valence-electron chi connectivity index (χ3n) is 4.86. The molecule has 2 N–H and O–H groups in total. The number of nitrogens with two attached hydrogens (primary N) is 1. The topological polar surface area (TPSA) is 60.5 Å². The first-order chi connectivity index (χ1) is 11.9. The number of aromatic nitrogens is 1. The van der Waals surface area contributed by atoms with Gasteiger partial charge in [0.25, 0.3) is 0 Å². The Bertz CT molecular complexity index is 851. The van der Waals surface area contributed by atoms with Gasteiger partial charge in [-0.05, 0) is 22.8 Å². The van der Waals surface area contributed by atoms with Gasteiger partial charge in [0.15, 0.2) is 0 Å². The molecule has 1 aromatic heterocycles. The Labute approximate surface area is 142 Å². The number of benzene rings is 1. The van der Waals surface area contributed by atoms with Gasteiger partial charge < -0.3 is 10.5 Å². The third-order valence-corrected chi connectivity index (χ3v) is 4.86. The molecular weight excluding hydrogens is 331 g/mol. The van der Waals surface area contributed by atoms with Crippen molar-refractivity contribution in [2.24, 2.45) is 10.7 Å². The molecule has 0 spiro atoms. The predicted molar refractivity (Wildman–Crippen MR) is 87.5 cm³/mol. The van der Waals surface area contributed by atoms with Crippen molar-refractivity contribution in [2.45, 2.75) is 18.1 Å². The molecule has 0 radical (unpaired) electrons. The Morgan fingerprint density at radius 3 is 2.64 bits per heavy atom. The van der Waals surface area contributed by atoms with E-state index in [1.807, 2.05) is 18.2 Å². The average molecular weight is 347 g/mol. The summed E-state index contributed by atoms with van der Waals surface area (Å²) < 4.78 is 45.3. The van der Waals surface area contributed by atoms with E-state index < -0.39 is 11.9 Å². The fraction of sp³-hybridized carbons (Fsp3) is 0.333. The molecular formula is C18H16F3N3O. The Morgan fingerprint density at radius 1 is 1.20 bits per heavy atom. The Morgan fingerprint density at radius 2 is 2.00 bits per heavy atom. The van der Waals surface area contributed by atoms with Gasteiger partial charge in [-0.15, -0.1) is 0 Å². The lowest BCUT2D eigenvalue weighted by molar-refractivity contribution is -0.0579. The molecule has 4 rings (SSSR count). The van der Waals surface area contributed by atoms with Gasteiger partial charge >= 0.3 is 6.18 Å². The number of nitrogens with zero attached hydrogens (tertiary/aromatic N) is 2. The van der Waals surface area contributed by atoms with Crippen molar-refractivity contribution in [3.8, 4) is 11.1 Å². The summed E-state index contributed by atoms with van der Waals surface area (Å²) in [5, 5.41) is 0. The largest absolute Gasteiger partial charge is 0.433 e. The highest BCUT2D eigenvalue weighted by Crippen LogP contribution is 2.38. The minimum Gasteiger partial charge on any atom is -0.379 e. The maximum Gasteiger partial charge on any atom is 0.433 e. The van der Waals surface area contributed by atoms with Crippen LogP contribution in [0.5, 0.6) is 0 Å². The number of rotatable bonds is 3. The number of aliphatic imine (C=N–C) groups is 1. The van der Waals surface area contributed by atoms with Crippen LogP contribution in [-0.2, 0) is 16.7 Å². The first-order valence-corrected chi connectivity index (χ1v) is 7.93. The Kier molecular flexibility index (Phi) is 3.66. The van der Waals surface area contributed by atoms with Gasteiger partial charge in [0.1, 0.15) is 5.71 Å². The number of pyridine rings is 1. The molecule has 1 fully saturated rings.